The molecule has 1 aliphatic heterocycles. The molecule has 1 N–H and O–H groups in total. The molecule has 0 aromatic carbocycles. The summed E-state index contributed by atoms with van der Waals surface area (Å²) >= 11 is 0. The Morgan fingerprint density at radius 2 is 2.00 bits per heavy atom. The van der Waals surface area contributed by atoms with Crippen molar-refractivity contribution in [2.24, 2.45) is 5.92 Å². The van der Waals surface area contributed by atoms with Gasteiger partial charge in [-0.1, -0.05) is 13.8 Å². The number of nitrogens with one attached hydrogen (secondary N) is 1. The van der Waals surface area contributed by atoms with E-state index in [-0.39, 0.29) is 10.8 Å². The maximum atomic E-state index is 12.9. The Kier molecular flexibility index (Phi) is 4.60. The Labute approximate surface area is 141 Å². The van der Waals surface area contributed by atoms with Crippen molar-refractivity contribution < 1.29 is 13.2 Å². The Morgan fingerprint density at radius 1 is 1.29 bits per heavy atom. The van der Waals surface area contributed by atoms with E-state index in [1.165, 1.54) is 10.5 Å². The molecule has 3 heterocycles. The molecule has 0 radical (unpaired) electrons. The lowest BCUT2D eigenvalue weighted by atomic mass is 10.1. The molecule has 1 fully saturated rings. The third-order valence-corrected chi connectivity index (χ3v) is 6.14. The van der Waals surface area contributed by atoms with Gasteiger partial charge in [-0.15, -0.1) is 0 Å². The molecule has 0 aliphatic carbocycles. The van der Waals surface area contributed by atoms with Crippen LogP contribution in [-0.4, -0.2) is 59.7 Å². The summed E-state index contributed by atoms with van der Waals surface area (Å²) in [6.07, 6.45) is 3.61. The van der Waals surface area contributed by atoms with E-state index in [0.29, 0.717) is 49.6 Å². The van der Waals surface area contributed by atoms with Gasteiger partial charge in [0.15, 0.2) is 0 Å². The maximum Gasteiger partial charge on any atom is 0.245 e. The van der Waals surface area contributed by atoms with E-state index in [1.807, 2.05) is 13.8 Å². The topological polar surface area (TPSA) is 86.4 Å². The summed E-state index contributed by atoms with van der Waals surface area (Å²) in [6.45, 7) is 5.52. The SMILES string of the molecule is CC(C)CC(=O)N1CCN(S(=O)(=O)c2c[nH]c3ncccc23)CC1. The van der Waals surface area contributed by atoms with Crippen LogP contribution < -0.4 is 0 Å². The van der Waals surface area contributed by atoms with Gasteiger partial charge in [-0.25, -0.2) is 13.4 Å². The number of hydrogen-bond donors (Lipinski definition) is 1. The highest BCUT2D eigenvalue weighted by Crippen LogP contribution is 2.25. The number of carbonyl (C=O) groups excluding carboxylic acids is 1. The van der Waals surface area contributed by atoms with Crippen molar-refractivity contribution in [3.63, 3.8) is 0 Å². The number of hydrogen-bond acceptors (Lipinski definition) is 4. The van der Waals surface area contributed by atoms with Crippen LogP contribution in [0.5, 0.6) is 0 Å². The minimum absolute atomic E-state index is 0.0957. The van der Waals surface area contributed by atoms with E-state index in [2.05, 4.69) is 9.97 Å². The molecule has 2 aromatic heterocycles. The second-order valence-corrected chi connectivity index (χ2v) is 8.34. The summed E-state index contributed by atoms with van der Waals surface area (Å²) in [6, 6.07) is 3.46. The Balaban J connectivity index is 1.75. The third-order valence-electron chi connectivity index (χ3n) is 4.21. The zero-order chi connectivity index (χ0) is 17.3. The van der Waals surface area contributed by atoms with Gasteiger partial charge in [-0.05, 0) is 18.1 Å². The van der Waals surface area contributed by atoms with Crippen molar-refractivity contribution in [2.75, 3.05) is 26.2 Å². The van der Waals surface area contributed by atoms with Crippen LogP contribution in [0.2, 0.25) is 0 Å². The standard InChI is InChI=1S/C16H22N4O3S/c1-12(2)10-15(21)19-6-8-20(9-7-19)24(22,23)14-11-18-16-13(14)4-3-5-17-16/h3-5,11-12H,6-10H2,1-2H3,(H,17,18). The van der Waals surface area contributed by atoms with Crippen LogP contribution in [0.15, 0.2) is 29.4 Å². The largest absolute Gasteiger partial charge is 0.345 e. The number of amides is 1. The number of carbonyl (C=O) groups is 1. The number of rotatable bonds is 4. The number of H-pyrrole nitrogens is 1. The van der Waals surface area contributed by atoms with E-state index in [4.69, 9.17) is 0 Å². The molecule has 3 rings (SSSR count). The number of nitrogens with zero attached hydrogens (tertiary/aromatic N) is 3. The van der Waals surface area contributed by atoms with E-state index in [1.54, 1.807) is 23.2 Å². The summed E-state index contributed by atoms with van der Waals surface area (Å²) < 4.78 is 27.2. The van der Waals surface area contributed by atoms with E-state index in [9.17, 15) is 13.2 Å². The highest BCUT2D eigenvalue weighted by Gasteiger charge is 2.31. The van der Waals surface area contributed by atoms with E-state index < -0.39 is 10.0 Å². The second-order valence-electron chi connectivity index (χ2n) is 6.44. The first kappa shape index (κ1) is 16.9. The molecular weight excluding hydrogens is 328 g/mol. The van der Waals surface area contributed by atoms with Crippen molar-refractivity contribution in [3.8, 4) is 0 Å². The minimum Gasteiger partial charge on any atom is -0.345 e. The zero-order valence-corrected chi connectivity index (χ0v) is 14.7. The van der Waals surface area contributed by atoms with Gasteiger partial charge >= 0.3 is 0 Å². The fourth-order valence-electron chi connectivity index (χ4n) is 2.94. The predicted molar refractivity (Wildman–Crippen MR) is 90.9 cm³/mol. The van der Waals surface area contributed by atoms with Gasteiger partial charge in [0.1, 0.15) is 10.5 Å². The molecule has 130 valence electrons. The lowest BCUT2D eigenvalue weighted by molar-refractivity contribution is -0.133. The molecule has 7 nitrogen and oxygen atoms in total. The number of aromatic amines is 1. The van der Waals surface area contributed by atoms with Gasteiger partial charge in [0.05, 0.1) is 0 Å². The molecule has 0 atom stereocenters. The van der Waals surface area contributed by atoms with Crippen LogP contribution in [0.4, 0.5) is 0 Å². The molecule has 8 heteroatoms. The molecule has 0 unspecified atom stereocenters. The summed E-state index contributed by atoms with van der Waals surface area (Å²) in [4.78, 5) is 21.1. The Bertz CT molecular complexity index is 836. The number of piperazine rings is 1. The van der Waals surface area contributed by atoms with Gasteiger partial charge in [0.25, 0.3) is 0 Å². The van der Waals surface area contributed by atoms with E-state index in [0.717, 1.165) is 0 Å². The maximum absolute atomic E-state index is 12.9. The average Bonchev–Trinajstić information content (AvgIpc) is 2.99. The monoisotopic (exact) mass is 350 g/mol. The van der Waals surface area contributed by atoms with Crippen LogP contribution in [0.25, 0.3) is 11.0 Å². The molecule has 0 spiro atoms. The summed E-state index contributed by atoms with van der Waals surface area (Å²) in [5, 5.41) is 0.593. The van der Waals surface area contributed by atoms with Crippen molar-refractivity contribution >= 4 is 27.0 Å². The smallest absolute Gasteiger partial charge is 0.245 e. The first-order valence-corrected chi connectivity index (χ1v) is 9.53. The van der Waals surface area contributed by atoms with Gasteiger partial charge in [-0.3, -0.25) is 4.79 Å². The number of pyridine rings is 1. The molecule has 1 amide bonds. The molecule has 1 aliphatic rings. The average molecular weight is 350 g/mol. The lowest BCUT2D eigenvalue weighted by Gasteiger charge is -2.34. The summed E-state index contributed by atoms with van der Waals surface area (Å²) in [5.41, 5.74) is 0.557. The van der Waals surface area contributed by atoms with Crippen molar-refractivity contribution in [2.45, 2.75) is 25.2 Å². The fraction of sp³-hybridized carbons (Fsp3) is 0.500. The number of sulfonamides is 1. The zero-order valence-electron chi connectivity index (χ0n) is 13.9. The van der Waals surface area contributed by atoms with Crippen molar-refractivity contribution in [1.82, 2.24) is 19.2 Å². The van der Waals surface area contributed by atoms with Crippen LogP contribution in [0.1, 0.15) is 20.3 Å². The van der Waals surface area contributed by atoms with E-state index >= 15 is 0 Å². The molecule has 0 bridgehead atoms. The molecular formula is C16H22N4O3S. The molecule has 2 aromatic rings. The summed E-state index contributed by atoms with van der Waals surface area (Å²) in [7, 11) is -3.59. The minimum atomic E-state index is -3.59. The Hall–Kier alpha value is -1.93. The van der Waals surface area contributed by atoms with Gasteiger partial charge in [0, 0.05) is 50.4 Å². The normalized spacial score (nSPS) is 16.9. The Morgan fingerprint density at radius 3 is 2.67 bits per heavy atom. The number of fused-ring (bicyclic) bond motifs is 1. The van der Waals surface area contributed by atoms with Gasteiger partial charge < -0.3 is 9.88 Å². The highest BCUT2D eigenvalue weighted by atomic mass is 32.2. The molecule has 1 saturated heterocycles. The first-order chi connectivity index (χ1) is 11.4. The van der Waals surface area contributed by atoms with Crippen LogP contribution in [0, 0.1) is 5.92 Å². The predicted octanol–water partition coefficient (Wildman–Crippen LogP) is 1.44. The third kappa shape index (κ3) is 3.16. The molecule has 24 heavy (non-hydrogen) atoms. The van der Waals surface area contributed by atoms with Gasteiger partial charge in [0.2, 0.25) is 15.9 Å². The van der Waals surface area contributed by atoms with Gasteiger partial charge in [-0.2, -0.15) is 4.31 Å². The quantitative estimate of drug-likeness (QED) is 0.904. The van der Waals surface area contributed by atoms with Crippen molar-refractivity contribution in [3.05, 3.63) is 24.5 Å². The highest BCUT2D eigenvalue weighted by molar-refractivity contribution is 7.89. The van der Waals surface area contributed by atoms with Crippen LogP contribution in [0.3, 0.4) is 0 Å². The fourth-order valence-corrected chi connectivity index (χ4v) is 4.51. The van der Waals surface area contributed by atoms with Crippen LogP contribution in [-0.2, 0) is 14.8 Å². The lowest BCUT2D eigenvalue weighted by Crippen LogP contribution is -2.50. The number of aromatic nitrogens is 2. The van der Waals surface area contributed by atoms with Crippen LogP contribution >= 0.6 is 0 Å². The first-order valence-electron chi connectivity index (χ1n) is 8.09. The molecule has 0 saturated carbocycles. The van der Waals surface area contributed by atoms with Crippen molar-refractivity contribution in [1.29, 1.82) is 0 Å². The second kappa shape index (κ2) is 6.52. The summed E-state index contributed by atoms with van der Waals surface area (Å²) in [5.74, 6) is 0.399.